The van der Waals surface area contributed by atoms with Crippen molar-refractivity contribution in [3.63, 3.8) is 0 Å². The molecule has 1 N–H and O–H groups in total. The SMILES string of the molecule is COc1ccc2oc(/C=C/C(=O)O)nc2c1. The predicted octanol–water partition coefficient (Wildman–Crippen LogP) is 1.93. The van der Waals surface area contributed by atoms with Crippen LogP contribution >= 0.6 is 0 Å². The van der Waals surface area contributed by atoms with E-state index in [9.17, 15) is 4.79 Å². The average molecular weight is 219 g/mol. The third-order valence-corrected chi connectivity index (χ3v) is 1.98. The molecule has 0 unspecified atom stereocenters. The number of oxazole rings is 1. The Morgan fingerprint density at radius 2 is 2.38 bits per heavy atom. The molecular weight excluding hydrogens is 210 g/mol. The maximum absolute atomic E-state index is 10.3. The van der Waals surface area contributed by atoms with Crippen LogP contribution in [0, 0.1) is 0 Å². The normalized spacial score (nSPS) is 11.1. The second-order valence-electron chi connectivity index (χ2n) is 3.06. The molecule has 0 bridgehead atoms. The molecule has 0 aliphatic heterocycles. The Balaban J connectivity index is 2.40. The Hall–Kier alpha value is -2.30. The van der Waals surface area contributed by atoms with Crippen LogP contribution in [-0.2, 0) is 4.79 Å². The molecular formula is C11H9NO4. The largest absolute Gasteiger partial charge is 0.497 e. The lowest BCUT2D eigenvalue weighted by molar-refractivity contribution is -0.131. The second kappa shape index (κ2) is 4.06. The predicted molar refractivity (Wildman–Crippen MR) is 57.2 cm³/mol. The molecule has 0 fully saturated rings. The van der Waals surface area contributed by atoms with Crippen LogP contribution < -0.4 is 4.74 Å². The van der Waals surface area contributed by atoms with E-state index in [-0.39, 0.29) is 5.89 Å². The first kappa shape index (κ1) is 10.2. The molecule has 5 nitrogen and oxygen atoms in total. The minimum Gasteiger partial charge on any atom is -0.497 e. The summed E-state index contributed by atoms with van der Waals surface area (Å²) in [4.78, 5) is 14.4. The van der Waals surface area contributed by atoms with Gasteiger partial charge >= 0.3 is 5.97 Å². The Morgan fingerprint density at radius 1 is 1.56 bits per heavy atom. The number of carbonyl (C=O) groups is 1. The van der Waals surface area contributed by atoms with E-state index >= 15 is 0 Å². The lowest BCUT2D eigenvalue weighted by Gasteiger charge is -1.95. The van der Waals surface area contributed by atoms with E-state index in [1.165, 1.54) is 6.08 Å². The quantitative estimate of drug-likeness (QED) is 0.798. The zero-order valence-corrected chi connectivity index (χ0v) is 8.51. The number of methoxy groups -OCH3 is 1. The molecule has 0 aliphatic carbocycles. The molecule has 82 valence electrons. The van der Waals surface area contributed by atoms with E-state index in [1.807, 2.05) is 0 Å². The molecule has 0 amide bonds. The second-order valence-corrected chi connectivity index (χ2v) is 3.06. The van der Waals surface area contributed by atoms with Crippen LogP contribution in [0.25, 0.3) is 17.2 Å². The molecule has 1 heterocycles. The van der Waals surface area contributed by atoms with Gasteiger partial charge in [0.2, 0.25) is 5.89 Å². The Morgan fingerprint density at radius 3 is 3.06 bits per heavy atom. The Bertz CT molecular complexity index is 556. The van der Waals surface area contributed by atoms with Crippen molar-refractivity contribution in [1.82, 2.24) is 4.98 Å². The average Bonchev–Trinajstić information content (AvgIpc) is 2.67. The number of benzene rings is 1. The van der Waals surface area contributed by atoms with Crippen LogP contribution in [0.3, 0.4) is 0 Å². The van der Waals surface area contributed by atoms with Crippen LogP contribution in [0.5, 0.6) is 5.75 Å². The number of nitrogens with zero attached hydrogens (tertiary/aromatic N) is 1. The summed E-state index contributed by atoms with van der Waals surface area (Å²) in [7, 11) is 1.56. The van der Waals surface area contributed by atoms with Gasteiger partial charge in [0.1, 0.15) is 11.3 Å². The highest BCUT2D eigenvalue weighted by molar-refractivity contribution is 5.85. The summed E-state index contributed by atoms with van der Waals surface area (Å²) in [6.45, 7) is 0. The van der Waals surface area contributed by atoms with E-state index < -0.39 is 5.97 Å². The zero-order chi connectivity index (χ0) is 11.5. The summed E-state index contributed by atoms with van der Waals surface area (Å²) in [5.74, 6) is -0.111. The van der Waals surface area contributed by atoms with E-state index in [2.05, 4.69) is 4.98 Å². The monoisotopic (exact) mass is 219 g/mol. The van der Waals surface area contributed by atoms with Gasteiger partial charge in [-0.3, -0.25) is 0 Å². The maximum Gasteiger partial charge on any atom is 0.328 e. The number of carboxylic acids is 1. The van der Waals surface area contributed by atoms with Gasteiger partial charge in [-0.1, -0.05) is 0 Å². The van der Waals surface area contributed by atoms with Crippen LogP contribution in [-0.4, -0.2) is 23.2 Å². The van der Waals surface area contributed by atoms with Gasteiger partial charge in [0, 0.05) is 18.2 Å². The van der Waals surface area contributed by atoms with Gasteiger partial charge in [-0.25, -0.2) is 9.78 Å². The summed E-state index contributed by atoms with van der Waals surface area (Å²) in [6, 6.07) is 5.19. The number of fused-ring (bicyclic) bond motifs is 1. The number of hydrogen-bond acceptors (Lipinski definition) is 4. The first-order valence-electron chi connectivity index (χ1n) is 4.54. The smallest absolute Gasteiger partial charge is 0.328 e. The Labute approximate surface area is 91.0 Å². The summed E-state index contributed by atoms with van der Waals surface area (Å²) < 4.78 is 10.3. The summed E-state index contributed by atoms with van der Waals surface area (Å²) in [5.41, 5.74) is 1.22. The van der Waals surface area contributed by atoms with Crippen LogP contribution in [0.4, 0.5) is 0 Å². The van der Waals surface area contributed by atoms with Crippen molar-refractivity contribution in [3.8, 4) is 5.75 Å². The highest BCUT2D eigenvalue weighted by atomic mass is 16.5. The third kappa shape index (κ3) is 2.03. The van der Waals surface area contributed by atoms with E-state index in [0.717, 1.165) is 6.08 Å². The van der Waals surface area contributed by atoms with E-state index in [1.54, 1.807) is 25.3 Å². The third-order valence-electron chi connectivity index (χ3n) is 1.98. The fraction of sp³-hybridized carbons (Fsp3) is 0.0909. The number of carboxylic acid groups (broad SMARTS) is 1. The molecule has 2 rings (SSSR count). The van der Waals surface area contributed by atoms with E-state index in [4.69, 9.17) is 14.3 Å². The van der Waals surface area contributed by atoms with Crippen molar-refractivity contribution >= 4 is 23.1 Å². The molecule has 0 saturated heterocycles. The number of hydrogen-bond donors (Lipinski definition) is 1. The van der Waals surface area contributed by atoms with Gasteiger partial charge in [0.25, 0.3) is 0 Å². The van der Waals surface area contributed by atoms with Crippen molar-refractivity contribution in [1.29, 1.82) is 0 Å². The molecule has 0 atom stereocenters. The van der Waals surface area contributed by atoms with Gasteiger partial charge in [-0.15, -0.1) is 0 Å². The standard InChI is InChI=1S/C11H9NO4/c1-15-7-2-3-9-8(6-7)12-10(16-9)4-5-11(13)14/h2-6H,1H3,(H,13,14)/b5-4+. The van der Waals surface area contributed by atoms with Gasteiger partial charge in [0.05, 0.1) is 7.11 Å². The molecule has 0 radical (unpaired) electrons. The zero-order valence-electron chi connectivity index (χ0n) is 8.51. The lowest BCUT2D eigenvalue weighted by atomic mass is 10.3. The molecule has 0 aliphatic rings. The molecule has 1 aromatic carbocycles. The maximum atomic E-state index is 10.3. The van der Waals surface area contributed by atoms with Crippen molar-refractivity contribution in [2.45, 2.75) is 0 Å². The first-order valence-corrected chi connectivity index (χ1v) is 4.54. The highest BCUT2D eigenvalue weighted by Gasteiger charge is 2.04. The van der Waals surface area contributed by atoms with Crippen LogP contribution in [0.2, 0.25) is 0 Å². The first-order chi connectivity index (χ1) is 7.69. The number of rotatable bonds is 3. The minimum atomic E-state index is -1.04. The van der Waals surface area contributed by atoms with Crippen molar-refractivity contribution in [2.75, 3.05) is 7.11 Å². The van der Waals surface area contributed by atoms with Crippen molar-refractivity contribution in [2.24, 2.45) is 0 Å². The van der Waals surface area contributed by atoms with Gasteiger partial charge in [-0.2, -0.15) is 0 Å². The summed E-state index contributed by atoms with van der Waals surface area (Å²) in [5, 5.41) is 8.46. The molecule has 5 heteroatoms. The number of aromatic nitrogens is 1. The van der Waals surface area contributed by atoms with Crippen LogP contribution in [0.15, 0.2) is 28.7 Å². The van der Waals surface area contributed by atoms with E-state index in [0.29, 0.717) is 16.8 Å². The van der Waals surface area contributed by atoms with Crippen molar-refractivity contribution < 1.29 is 19.1 Å². The Kier molecular flexibility index (Phi) is 2.59. The fourth-order valence-corrected chi connectivity index (χ4v) is 1.27. The molecule has 2 aromatic rings. The summed E-state index contributed by atoms with van der Waals surface area (Å²) in [6.07, 6.45) is 2.27. The van der Waals surface area contributed by atoms with Gasteiger partial charge in [0.15, 0.2) is 5.58 Å². The fourth-order valence-electron chi connectivity index (χ4n) is 1.27. The van der Waals surface area contributed by atoms with Crippen LogP contribution in [0.1, 0.15) is 5.89 Å². The number of ether oxygens (including phenoxy) is 1. The summed E-state index contributed by atoms with van der Waals surface area (Å²) >= 11 is 0. The van der Waals surface area contributed by atoms with Crippen molar-refractivity contribution in [3.05, 3.63) is 30.2 Å². The lowest BCUT2D eigenvalue weighted by Crippen LogP contribution is -1.85. The molecule has 1 aromatic heterocycles. The molecule has 0 saturated carbocycles. The highest BCUT2D eigenvalue weighted by Crippen LogP contribution is 2.21. The topological polar surface area (TPSA) is 72.6 Å². The number of aliphatic carboxylic acids is 1. The minimum absolute atomic E-state index is 0.255. The molecule has 16 heavy (non-hydrogen) atoms. The van der Waals surface area contributed by atoms with Gasteiger partial charge in [-0.05, 0) is 12.1 Å². The van der Waals surface area contributed by atoms with Gasteiger partial charge < -0.3 is 14.3 Å². The molecule has 0 spiro atoms.